The molecule has 1 aliphatic heterocycles. The maximum Gasteiger partial charge on any atom is 0.117 e. The quantitative estimate of drug-likeness (QED) is 0.113. The van der Waals surface area contributed by atoms with Crippen molar-refractivity contribution in [2.75, 3.05) is 6.61 Å². The molecule has 1 heterocycles. The molecule has 0 radical (unpaired) electrons. The number of aryl methyl sites for hydroxylation is 1. The van der Waals surface area contributed by atoms with Crippen LogP contribution in [0.5, 0.6) is 0 Å². The van der Waals surface area contributed by atoms with E-state index in [-0.39, 0.29) is 0 Å². The van der Waals surface area contributed by atoms with Gasteiger partial charge < -0.3 is 23.7 Å². The Bertz CT molecular complexity index is 1740. The Morgan fingerprint density at radius 3 is 1.55 bits per heavy atom. The van der Waals surface area contributed by atoms with Gasteiger partial charge in [-0.25, -0.2) is 0 Å². The van der Waals surface area contributed by atoms with E-state index in [2.05, 4.69) is 72.8 Å². The number of rotatable bonds is 15. The lowest BCUT2D eigenvalue weighted by Crippen LogP contribution is -2.58. The Balaban J connectivity index is 1.37. The van der Waals surface area contributed by atoms with Crippen molar-refractivity contribution in [2.24, 2.45) is 0 Å². The van der Waals surface area contributed by atoms with E-state index >= 15 is 0 Å². The fraction of sp³-hybridized carbons (Fsp3) is 0.279. The molecule has 0 saturated carbocycles. The van der Waals surface area contributed by atoms with Gasteiger partial charge in [-0.05, 0) is 45.9 Å². The van der Waals surface area contributed by atoms with Gasteiger partial charge in [-0.1, -0.05) is 140 Å². The van der Waals surface area contributed by atoms with Gasteiger partial charge >= 0.3 is 0 Å². The number of ether oxygens (including phenoxy) is 5. The van der Waals surface area contributed by atoms with Crippen LogP contribution in [0.25, 0.3) is 0 Å². The maximum absolute atomic E-state index is 9.59. The highest BCUT2D eigenvalue weighted by Gasteiger charge is 2.49. The zero-order valence-electron chi connectivity index (χ0n) is 27.9. The molecule has 5 aromatic carbocycles. The van der Waals surface area contributed by atoms with Crippen LogP contribution in [0.1, 0.15) is 45.0 Å². The third-order valence-corrected chi connectivity index (χ3v) is 8.85. The summed E-state index contributed by atoms with van der Waals surface area (Å²) in [6.45, 7) is 3.88. The van der Waals surface area contributed by atoms with Crippen molar-refractivity contribution >= 4 is 0 Å². The molecule has 49 heavy (non-hydrogen) atoms. The van der Waals surface area contributed by atoms with Gasteiger partial charge in [0.15, 0.2) is 0 Å². The van der Waals surface area contributed by atoms with Crippen molar-refractivity contribution in [2.45, 2.75) is 70.3 Å². The molecule has 0 bridgehead atoms. The Kier molecular flexibility index (Phi) is 12.4. The largest absolute Gasteiger partial charge is 0.374 e. The van der Waals surface area contributed by atoms with E-state index in [4.69, 9.17) is 23.7 Å². The number of hydrogen-bond acceptors (Lipinski definition) is 6. The van der Waals surface area contributed by atoms with E-state index in [0.29, 0.717) is 39.5 Å². The zero-order valence-corrected chi connectivity index (χ0v) is 27.9. The summed E-state index contributed by atoms with van der Waals surface area (Å²) in [5, 5.41) is 9.59. The van der Waals surface area contributed by atoms with Crippen LogP contribution in [-0.2, 0) is 56.5 Å². The van der Waals surface area contributed by atoms with Gasteiger partial charge in [0.1, 0.15) is 30.5 Å². The van der Waals surface area contributed by atoms with E-state index in [1.165, 1.54) is 0 Å². The molecule has 250 valence electrons. The van der Waals surface area contributed by atoms with Crippen LogP contribution >= 0.6 is 0 Å². The summed E-state index contributed by atoms with van der Waals surface area (Å²) < 4.78 is 33.9. The molecule has 0 unspecified atom stereocenters. The van der Waals surface area contributed by atoms with E-state index in [9.17, 15) is 5.26 Å². The van der Waals surface area contributed by atoms with Crippen LogP contribution in [-0.4, -0.2) is 31.0 Å². The smallest absolute Gasteiger partial charge is 0.117 e. The average Bonchev–Trinajstić information content (AvgIpc) is 3.15. The SMILES string of the molecule is Cc1ccc([C@H]2O[C@H](COCc3ccccc3)[C@@H](OCc3ccccc3)[C@H](OCc3ccccc3)[C@@H]2OCc2ccccc2)cc1CC#N. The normalized spacial score (nSPS) is 20.4. The molecule has 0 N–H and O–H groups in total. The number of benzene rings is 5. The van der Waals surface area contributed by atoms with Gasteiger partial charge in [-0.2, -0.15) is 5.26 Å². The molecule has 0 spiro atoms. The monoisotopic (exact) mass is 653 g/mol. The van der Waals surface area contributed by atoms with Crippen LogP contribution in [0.2, 0.25) is 0 Å². The van der Waals surface area contributed by atoms with Gasteiger partial charge in [0.2, 0.25) is 0 Å². The van der Waals surface area contributed by atoms with Crippen LogP contribution in [0.3, 0.4) is 0 Å². The van der Waals surface area contributed by atoms with Crippen LogP contribution < -0.4 is 0 Å². The lowest BCUT2D eigenvalue weighted by molar-refractivity contribution is -0.275. The topological polar surface area (TPSA) is 69.9 Å². The molecule has 1 saturated heterocycles. The molecule has 6 rings (SSSR count). The Morgan fingerprint density at radius 1 is 0.571 bits per heavy atom. The summed E-state index contributed by atoms with van der Waals surface area (Å²) >= 11 is 0. The molecule has 1 fully saturated rings. The van der Waals surface area contributed by atoms with Crippen LogP contribution in [0, 0.1) is 18.3 Å². The van der Waals surface area contributed by atoms with Crippen molar-refractivity contribution < 1.29 is 23.7 Å². The molecule has 5 aromatic rings. The standard InChI is InChI=1S/C43H43NO5/c1-32-22-23-38(26-37(32)24-25-44)40-42(47-29-35-18-10-4-11-19-35)43(48-30-36-20-12-5-13-21-36)41(46-28-34-16-8-3-9-17-34)39(49-40)31-45-27-33-14-6-2-7-15-33/h2-23,26,39-43H,24,27-31H2,1H3/t39-,40-,41-,42-,43+/m1/s1. The lowest BCUT2D eigenvalue weighted by atomic mass is 9.88. The highest BCUT2D eigenvalue weighted by Crippen LogP contribution is 2.39. The first-order valence-corrected chi connectivity index (χ1v) is 16.9. The summed E-state index contributed by atoms with van der Waals surface area (Å²) in [6.07, 6.45) is -2.24. The highest BCUT2D eigenvalue weighted by molar-refractivity contribution is 5.35. The minimum absolute atomic E-state index is 0.290. The molecule has 1 aliphatic rings. The molecular formula is C43H43NO5. The molecule has 6 nitrogen and oxygen atoms in total. The van der Waals surface area contributed by atoms with E-state index in [1.807, 2.05) is 79.7 Å². The second-order valence-electron chi connectivity index (χ2n) is 12.4. The van der Waals surface area contributed by atoms with Gasteiger partial charge in [-0.15, -0.1) is 0 Å². The van der Waals surface area contributed by atoms with Crippen molar-refractivity contribution in [3.05, 3.63) is 178 Å². The predicted molar refractivity (Wildman–Crippen MR) is 189 cm³/mol. The highest BCUT2D eigenvalue weighted by atomic mass is 16.6. The van der Waals surface area contributed by atoms with Gasteiger partial charge in [-0.3, -0.25) is 0 Å². The third-order valence-electron chi connectivity index (χ3n) is 8.85. The van der Waals surface area contributed by atoms with Gasteiger partial charge in [0.05, 0.1) is 45.5 Å². The molecule has 0 aromatic heterocycles. The second-order valence-corrected chi connectivity index (χ2v) is 12.4. The minimum atomic E-state index is -0.535. The fourth-order valence-electron chi connectivity index (χ4n) is 6.20. The number of nitriles is 1. The third kappa shape index (κ3) is 9.51. The second kappa shape index (κ2) is 17.7. The molecular weight excluding hydrogens is 610 g/mol. The van der Waals surface area contributed by atoms with Gasteiger partial charge in [0, 0.05) is 0 Å². The van der Waals surface area contributed by atoms with E-state index < -0.39 is 30.5 Å². The van der Waals surface area contributed by atoms with Crippen LogP contribution in [0.4, 0.5) is 0 Å². The number of nitrogens with zero attached hydrogens (tertiary/aromatic N) is 1. The summed E-state index contributed by atoms with van der Waals surface area (Å²) in [7, 11) is 0. The van der Waals surface area contributed by atoms with Crippen molar-refractivity contribution in [1.82, 2.24) is 0 Å². The Hall–Kier alpha value is -4.61. The molecule has 0 amide bonds. The first kappa shape index (κ1) is 34.3. The summed E-state index contributed by atoms with van der Waals surface area (Å²) in [5.41, 5.74) is 7.19. The Labute approximate surface area is 289 Å². The average molecular weight is 654 g/mol. The summed E-state index contributed by atoms with van der Waals surface area (Å²) in [4.78, 5) is 0. The van der Waals surface area contributed by atoms with E-state index in [0.717, 1.165) is 38.9 Å². The minimum Gasteiger partial charge on any atom is -0.374 e. The van der Waals surface area contributed by atoms with Crippen molar-refractivity contribution in [3.63, 3.8) is 0 Å². The summed E-state index contributed by atoms with van der Waals surface area (Å²) in [6, 6.07) is 49.1. The first-order chi connectivity index (χ1) is 24.2. The maximum atomic E-state index is 9.59. The van der Waals surface area contributed by atoms with E-state index in [1.54, 1.807) is 0 Å². The molecule has 5 atom stereocenters. The van der Waals surface area contributed by atoms with Crippen molar-refractivity contribution in [3.8, 4) is 6.07 Å². The fourth-order valence-corrected chi connectivity index (χ4v) is 6.20. The lowest BCUT2D eigenvalue weighted by Gasteiger charge is -2.46. The number of hydrogen-bond donors (Lipinski definition) is 0. The summed E-state index contributed by atoms with van der Waals surface area (Å²) in [5.74, 6) is 0. The molecule has 6 heteroatoms. The zero-order chi connectivity index (χ0) is 33.7. The van der Waals surface area contributed by atoms with Crippen molar-refractivity contribution in [1.29, 1.82) is 5.26 Å². The Morgan fingerprint density at radius 2 is 1.04 bits per heavy atom. The molecule has 0 aliphatic carbocycles. The predicted octanol–water partition coefficient (Wildman–Crippen LogP) is 8.47. The first-order valence-electron chi connectivity index (χ1n) is 16.9. The van der Waals surface area contributed by atoms with Gasteiger partial charge in [0.25, 0.3) is 0 Å². The van der Waals surface area contributed by atoms with Crippen LogP contribution in [0.15, 0.2) is 140 Å².